The predicted molar refractivity (Wildman–Crippen MR) is 53.8 cm³/mol. The van der Waals surface area contributed by atoms with Crippen LogP contribution in [0.15, 0.2) is 4.99 Å². The van der Waals surface area contributed by atoms with Crippen LogP contribution in [0.5, 0.6) is 0 Å². The summed E-state index contributed by atoms with van der Waals surface area (Å²) in [7, 11) is 0. The molecule has 1 N–H and O–H groups in total. The fourth-order valence-corrected chi connectivity index (χ4v) is 1.19. The fourth-order valence-electron chi connectivity index (χ4n) is 1.19. The van der Waals surface area contributed by atoms with E-state index in [1.54, 1.807) is 0 Å². The van der Waals surface area contributed by atoms with Crippen molar-refractivity contribution < 1.29 is 45.9 Å². The Morgan fingerprint density at radius 2 is 1.92 bits per heavy atom. The van der Waals surface area contributed by atoms with Gasteiger partial charge >= 0.3 is 0 Å². The van der Waals surface area contributed by atoms with Crippen molar-refractivity contribution >= 4 is 5.71 Å². The summed E-state index contributed by atoms with van der Waals surface area (Å²) < 4.78 is 0. The van der Waals surface area contributed by atoms with Crippen molar-refractivity contribution in [3.8, 4) is 0 Å². The van der Waals surface area contributed by atoms with E-state index in [9.17, 15) is 5.11 Å². The van der Waals surface area contributed by atoms with Gasteiger partial charge in [-0.25, -0.2) is 0 Å². The fraction of sp³-hybridized carbons (Fsp3) is 0.900. The van der Waals surface area contributed by atoms with E-state index in [0.717, 1.165) is 18.6 Å². The predicted octanol–water partition coefficient (Wildman–Crippen LogP) is 2.41. The van der Waals surface area contributed by atoms with Crippen LogP contribution < -0.4 is 0 Å². The van der Waals surface area contributed by atoms with Crippen molar-refractivity contribution in [2.45, 2.75) is 59.1 Å². The molecule has 3 heteroatoms. The van der Waals surface area contributed by atoms with Crippen LogP contribution in [0.25, 0.3) is 0 Å². The average molecular weight is 316 g/mol. The molecule has 0 saturated heterocycles. The zero-order valence-corrected chi connectivity index (χ0v) is 12.6. The van der Waals surface area contributed by atoms with Gasteiger partial charge in [0.1, 0.15) is 0 Å². The van der Waals surface area contributed by atoms with Crippen LogP contribution in [0.4, 0.5) is 0 Å². The number of nitrogens with zero attached hydrogens (tertiary/aromatic N) is 1. The van der Waals surface area contributed by atoms with Crippen molar-refractivity contribution in [1.82, 2.24) is 0 Å². The van der Waals surface area contributed by atoms with E-state index in [-0.39, 0.29) is 46.9 Å². The topological polar surface area (TPSA) is 32.6 Å². The van der Waals surface area contributed by atoms with Crippen LogP contribution in [-0.2, 0) is 0 Å². The zero-order chi connectivity index (χ0) is 9.78. The standard InChI is InChI=1S/C10H21NO.Nd/c1-6-7-10(5,12)9(4)11-8(2)3;/h8,12H,6-7H2,1-5H3;. The molecule has 1 unspecified atom stereocenters. The molecule has 1 atom stereocenters. The molecule has 13 heavy (non-hydrogen) atoms. The van der Waals surface area contributed by atoms with Crippen LogP contribution in [0.3, 0.4) is 0 Å². The maximum Gasteiger partial charge on any atom is 0.0991 e. The second-order valence-corrected chi connectivity index (χ2v) is 3.83. The van der Waals surface area contributed by atoms with Gasteiger partial charge in [0.25, 0.3) is 0 Å². The minimum atomic E-state index is -0.709. The molecule has 0 aromatic rings. The first-order chi connectivity index (χ1) is 5.40. The largest absolute Gasteiger partial charge is 0.384 e. The molecule has 0 amide bonds. The van der Waals surface area contributed by atoms with Gasteiger partial charge in [-0.1, -0.05) is 13.3 Å². The van der Waals surface area contributed by atoms with Gasteiger partial charge in [-0.3, -0.25) is 4.99 Å². The molecule has 0 saturated carbocycles. The molecule has 0 bridgehead atoms. The summed E-state index contributed by atoms with van der Waals surface area (Å²) in [5, 5.41) is 9.90. The molecular formula is C10H21NNdO. The normalized spacial score (nSPS) is 16.7. The summed E-state index contributed by atoms with van der Waals surface area (Å²) in [5.74, 6) is 0. The van der Waals surface area contributed by atoms with E-state index >= 15 is 0 Å². The van der Waals surface area contributed by atoms with Gasteiger partial charge in [0.05, 0.1) is 5.60 Å². The number of aliphatic hydroxyl groups is 1. The van der Waals surface area contributed by atoms with Crippen molar-refractivity contribution in [2.75, 3.05) is 0 Å². The van der Waals surface area contributed by atoms with Gasteiger partial charge in [-0.2, -0.15) is 0 Å². The molecule has 0 aromatic heterocycles. The molecule has 0 radical (unpaired) electrons. The Bertz CT molecular complexity index is 164. The monoisotopic (exact) mass is 313 g/mol. The van der Waals surface area contributed by atoms with Crippen LogP contribution in [-0.4, -0.2) is 22.5 Å². The minimum absolute atomic E-state index is 0. The van der Waals surface area contributed by atoms with E-state index in [1.807, 2.05) is 27.7 Å². The Morgan fingerprint density at radius 1 is 1.46 bits per heavy atom. The number of aliphatic imine (C=N–C) groups is 1. The van der Waals surface area contributed by atoms with Crippen molar-refractivity contribution in [1.29, 1.82) is 0 Å². The Morgan fingerprint density at radius 3 is 2.23 bits per heavy atom. The molecule has 0 heterocycles. The summed E-state index contributed by atoms with van der Waals surface area (Å²) in [6, 6.07) is 0.272. The Labute approximate surface area is 115 Å². The third-order valence-corrected chi connectivity index (χ3v) is 1.97. The summed E-state index contributed by atoms with van der Waals surface area (Å²) >= 11 is 0. The van der Waals surface area contributed by atoms with Gasteiger partial charge in [-0.05, 0) is 34.1 Å². The zero-order valence-electron chi connectivity index (χ0n) is 9.39. The number of hydrogen-bond acceptors (Lipinski definition) is 2. The summed E-state index contributed by atoms with van der Waals surface area (Å²) in [4.78, 5) is 4.33. The van der Waals surface area contributed by atoms with Gasteiger partial charge in [-0.15, -0.1) is 0 Å². The first-order valence-corrected chi connectivity index (χ1v) is 4.67. The molecule has 0 aromatic carbocycles. The Kier molecular flexibility index (Phi) is 9.21. The van der Waals surface area contributed by atoms with Crippen LogP contribution in [0.1, 0.15) is 47.5 Å². The second kappa shape index (κ2) is 7.30. The molecule has 0 fully saturated rings. The van der Waals surface area contributed by atoms with Gasteiger partial charge in [0.2, 0.25) is 0 Å². The second-order valence-electron chi connectivity index (χ2n) is 3.83. The SMILES string of the molecule is CCCC(C)(O)C(C)=NC(C)C.[Nd]. The molecule has 0 aliphatic carbocycles. The first-order valence-electron chi connectivity index (χ1n) is 4.67. The van der Waals surface area contributed by atoms with Crippen LogP contribution in [0.2, 0.25) is 0 Å². The van der Waals surface area contributed by atoms with E-state index in [0.29, 0.717) is 0 Å². The van der Waals surface area contributed by atoms with E-state index in [1.165, 1.54) is 0 Å². The molecule has 0 aliphatic rings. The summed E-state index contributed by atoms with van der Waals surface area (Å²) in [6.07, 6.45) is 1.77. The molecule has 0 aliphatic heterocycles. The van der Waals surface area contributed by atoms with Crippen molar-refractivity contribution in [3.63, 3.8) is 0 Å². The quantitative estimate of drug-likeness (QED) is 0.794. The first kappa shape index (κ1) is 16.4. The maximum atomic E-state index is 9.90. The third kappa shape index (κ3) is 6.97. The maximum absolute atomic E-state index is 9.90. The minimum Gasteiger partial charge on any atom is -0.384 e. The van der Waals surface area contributed by atoms with Crippen molar-refractivity contribution in [2.24, 2.45) is 4.99 Å². The van der Waals surface area contributed by atoms with Gasteiger partial charge < -0.3 is 5.11 Å². The molecule has 76 valence electrons. The van der Waals surface area contributed by atoms with E-state index < -0.39 is 5.60 Å². The number of hydrogen-bond donors (Lipinski definition) is 1. The average Bonchev–Trinajstić information content (AvgIpc) is 1.85. The molecule has 0 spiro atoms. The summed E-state index contributed by atoms with van der Waals surface area (Å²) in [6.45, 7) is 9.83. The molecular weight excluding hydrogens is 294 g/mol. The third-order valence-electron chi connectivity index (χ3n) is 1.97. The molecule has 0 rings (SSSR count). The smallest absolute Gasteiger partial charge is 0.0991 e. The Balaban J connectivity index is 0. The van der Waals surface area contributed by atoms with E-state index in [4.69, 9.17) is 0 Å². The van der Waals surface area contributed by atoms with Crippen LogP contribution in [0, 0.1) is 40.8 Å². The van der Waals surface area contributed by atoms with Gasteiger partial charge in [0.15, 0.2) is 0 Å². The van der Waals surface area contributed by atoms with Crippen LogP contribution >= 0.6 is 0 Å². The summed E-state index contributed by atoms with van der Waals surface area (Å²) in [5.41, 5.74) is 0.137. The van der Waals surface area contributed by atoms with Gasteiger partial charge in [0, 0.05) is 52.6 Å². The Hall–Kier alpha value is 0.981. The number of rotatable bonds is 4. The molecule has 2 nitrogen and oxygen atoms in total. The van der Waals surface area contributed by atoms with Crippen molar-refractivity contribution in [3.05, 3.63) is 0 Å². The van der Waals surface area contributed by atoms with E-state index in [2.05, 4.69) is 11.9 Å².